The van der Waals surface area contributed by atoms with Crippen molar-refractivity contribution < 1.29 is 29.7 Å². The molecule has 0 rings (SSSR count). The van der Waals surface area contributed by atoms with Crippen LogP contribution < -0.4 is 15.3 Å². The zero-order valence-electron chi connectivity index (χ0n) is 22.7. The van der Waals surface area contributed by atoms with Gasteiger partial charge in [-0.1, -0.05) is 119 Å². The Morgan fingerprint density at radius 1 is 0.500 bits per heavy atom. The van der Waals surface area contributed by atoms with E-state index < -0.39 is 17.9 Å². The van der Waals surface area contributed by atoms with Gasteiger partial charge >= 0.3 is 26.2 Å². The third kappa shape index (κ3) is 33.5. The topological polar surface area (TPSA) is 120 Å². The van der Waals surface area contributed by atoms with Gasteiger partial charge in [0.15, 0.2) is 0 Å². The molecule has 0 N–H and O–H groups in total. The van der Waals surface area contributed by atoms with Crippen molar-refractivity contribution in [3.63, 3.8) is 0 Å². The first-order valence-corrected chi connectivity index (χ1v) is 13.2. The van der Waals surface area contributed by atoms with E-state index in [-0.39, 0.29) is 45.5 Å². The van der Waals surface area contributed by atoms with Crippen LogP contribution in [-0.4, -0.2) is 44.1 Å². The number of carboxylic acids is 3. The number of carboxylic acid groups (broad SMARTS) is 3. The van der Waals surface area contributed by atoms with E-state index in [0.29, 0.717) is 17.8 Å². The molecule has 0 saturated heterocycles. The van der Waals surface area contributed by atoms with Crippen molar-refractivity contribution in [1.29, 1.82) is 0 Å². The van der Waals surface area contributed by atoms with E-state index in [1.165, 1.54) is 0 Å². The van der Waals surface area contributed by atoms with Crippen LogP contribution in [0.2, 0.25) is 0 Å². The van der Waals surface area contributed by atoms with Gasteiger partial charge in [0.25, 0.3) is 0 Å². The molecule has 2 radical (unpaired) electrons. The molecule has 0 fully saturated rings. The van der Waals surface area contributed by atoms with Gasteiger partial charge in [-0.3, -0.25) is 0 Å². The van der Waals surface area contributed by atoms with Crippen molar-refractivity contribution in [1.82, 2.24) is 0 Å². The van der Waals surface area contributed by atoms with Gasteiger partial charge in [0, 0.05) is 17.9 Å². The van der Waals surface area contributed by atoms with E-state index in [1.807, 2.05) is 20.8 Å². The SMILES string of the molecule is CCCCC(CC)CC(=O)[O-].CCCCC(CC)CC(=O)[O-].CCCCC(CC)CC(=O)[O-].[Bi+3]. The summed E-state index contributed by atoms with van der Waals surface area (Å²) >= 11 is 0. The second-order valence-corrected chi connectivity index (χ2v) is 8.98. The third-order valence-electron chi connectivity index (χ3n) is 6.00. The standard InChI is InChI=1S/3C9H18O2.Bi/c3*1-3-5-6-8(4-2)7-9(10)11;/h3*8H,3-7H2,1-2H3,(H,10,11);/q;;;+3/p-3. The number of aliphatic carboxylic acids is 3. The first kappa shape index (κ1) is 40.5. The molecule has 3 atom stereocenters. The Bertz CT molecular complexity index is 403. The fraction of sp³-hybridized carbons (Fsp3) is 0.889. The summed E-state index contributed by atoms with van der Waals surface area (Å²) in [6, 6.07) is 0. The van der Waals surface area contributed by atoms with E-state index in [9.17, 15) is 29.7 Å². The molecule has 34 heavy (non-hydrogen) atoms. The Balaban J connectivity index is -0.000000196. The van der Waals surface area contributed by atoms with Gasteiger partial charge in [0.1, 0.15) is 0 Å². The minimum atomic E-state index is -0.909. The molecule has 0 spiro atoms. The molecule has 7 heteroatoms. The second kappa shape index (κ2) is 30.3. The molecule has 0 aliphatic rings. The maximum Gasteiger partial charge on any atom is 3.00 e. The summed E-state index contributed by atoms with van der Waals surface area (Å²) < 4.78 is 0. The Labute approximate surface area is 228 Å². The van der Waals surface area contributed by atoms with Crippen LogP contribution in [0.1, 0.15) is 138 Å². The smallest absolute Gasteiger partial charge is 0.550 e. The van der Waals surface area contributed by atoms with Gasteiger partial charge in [0.05, 0.1) is 0 Å². The fourth-order valence-electron chi connectivity index (χ4n) is 3.54. The molecule has 0 aromatic rings. The van der Waals surface area contributed by atoms with Gasteiger partial charge in [-0.15, -0.1) is 0 Å². The maximum absolute atomic E-state index is 10.2. The van der Waals surface area contributed by atoms with Crippen LogP contribution in [0.3, 0.4) is 0 Å². The van der Waals surface area contributed by atoms with Crippen molar-refractivity contribution in [2.75, 3.05) is 0 Å². The zero-order chi connectivity index (χ0) is 26.1. The van der Waals surface area contributed by atoms with Gasteiger partial charge < -0.3 is 29.7 Å². The van der Waals surface area contributed by atoms with Crippen LogP contribution in [0.5, 0.6) is 0 Å². The fourth-order valence-corrected chi connectivity index (χ4v) is 3.54. The summed E-state index contributed by atoms with van der Waals surface area (Å²) in [5, 5.41) is 30.7. The summed E-state index contributed by atoms with van der Waals surface area (Å²) in [7, 11) is 0. The van der Waals surface area contributed by atoms with Crippen molar-refractivity contribution in [3.05, 3.63) is 0 Å². The van der Waals surface area contributed by atoms with Crippen LogP contribution >= 0.6 is 0 Å². The minimum Gasteiger partial charge on any atom is -0.550 e. The summed E-state index contributed by atoms with van der Waals surface area (Å²) in [4.78, 5) is 30.7. The van der Waals surface area contributed by atoms with Gasteiger partial charge in [-0.25, -0.2) is 0 Å². The van der Waals surface area contributed by atoms with Crippen LogP contribution in [-0.2, 0) is 14.4 Å². The Hall–Kier alpha value is -0.707. The minimum absolute atomic E-state index is 0. The van der Waals surface area contributed by atoms with E-state index in [4.69, 9.17) is 0 Å². The number of hydrogen-bond acceptors (Lipinski definition) is 6. The molecule has 0 aromatic heterocycles. The maximum atomic E-state index is 10.2. The van der Waals surface area contributed by atoms with E-state index in [0.717, 1.165) is 77.0 Å². The number of carbonyl (C=O) groups excluding carboxylic acids is 3. The molecule has 0 saturated carbocycles. The molecule has 6 nitrogen and oxygen atoms in total. The first-order chi connectivity index (χ1) is 15.6. The largest absolute Gasteiger partial charge is 3.00 e. The van der Waals surface area contributed by atoms with Crippen molar-refractivity contribution >= 4 is 44.1 Å². The number of carbonyl (C=O) groups is 3. The van der Waals surface area contributed by atoms with Crippen LogP contribution in [0.15, 0.2) is 0 Å². The zero-order valence-corrected chi connectivity index (χ0v) is 26.2. The third-order valence-corrected chi connectivity index (χ3v) is 6.00. The van der Waals surface area contributed by atoms with E-state index in [2.05, 4.69) is 20.8 Å². The van der Waals surface area contributed by atoms with Gasteiger partial charge in [-0.2, -0.15) is 0 Å². The van der Waals surface area contributed by atoms with Crippen LogP contribution in [0.25, 0.3) is 0 Å². The molecular formula is C27H51BiO6. The van der Waals surface area contributed by atoms with Crippen LogP contribution in [0, 0.1) is 17.8 Å². The summed E-state index contributed by atoms with van der Waals surface area (Å²) in [6.07, 6.45) is 13.5. The van der Waals surface area contributed by atoms with Crippen LogP contribution in [0.4, 0.5) is 0 Å². The van der Waals surface area contributed by atoms with E-state index >= 15 is 0 Å². The molecule has 0 aliphatic heterocycles. The van der Waals surface area contributed by atoms with Crippen molar-refractivity contribution in [2.24, 2.45) is 17.8 Å². The van der Waals surface area contributed by atoms with Crippen molar-refractivity contribution in [2.45, 2.75) is 138 Å². The monoisotopic (exact) mass is 680 g/mol. The summed E-state index contributed by atoms with van der Waals surface area (Å²) in [5.41, 5.74) is 0. The Kier molecular flexibility index (Phi) is 36.1. The average molecular weight is 681 g/mol. The van der Waals surface area contributed by atoms with Gasteiger partial charge in [0.2, 0.25) is 0 Å². The molecular weight excluding hydrogens is 629 g/mol. The van der Waals surface area contributed by atoms with Crippen molar-refractivity contribution in [3.8, 4) is 0 Å². The predicted molar refractivity (Wildman–Crippen MR) is 135 cm³/mol. The summed E-state index contributed by atoms with van der Waals surface area (Å²) in [5.74, 6) is -1.73. The number of hydrogen-bond donors (Lipinski definition) is 0. The first-order valence-electron chi connectivity index (χ1n) is 13.2. The molecule has 3 unspecified atom stereocenters. The number of unbranched alkanes of at least 4 members (excludes halogenated alkanes) is 3. The molecule has 0 bridgehead atoms. The average Bonchev–Trinajstić information content (AvgIpc) is 2.77. The second-order valence-electron chi connectivity index (χ2n) is 8.98. The van der Waals surface area contributed by atoms with Gasteiger partial charge in [-0.05, 0) is 37.0 Å². The molecule has 0 amide bonds. The molecule has 0 aliphatic carbocycles. The number of rotatable bonds is 18. The molecule has 0 heterocycles. The van der Waals surface area contributed by atoms with E-state index in [1.54, 1.807) is 0 Å². The Morgan fingerprint density at radius 2 is 0.706 bits per heavy atom. The normalized spacial score (nSPS) is 12.5. The molecule has 0 aromatic carbocycles. The quantitative estimate of drug-likeness (QED) is 0.204. The molecule has 200 valence electrons. The summed E-state index contributed by atoms with van der Waals surface area (Å²) in [6.45, 7) is 12.4. The Morgan fingerprint density at radius 3 is 0.824 bits per heavy atom. The predicted octanol–water partition coefficient (Wildman–Crippen LogP) is 3.65.